The molecule has 0 atom stereocenters. The maximum Gasteiger partial charge on any atom is 0.414 e. The first kappa shape index (κ1) is 26.7. The maximum absolute atomic E-state index is 9.10. The number of methoxy groups -OCH3 is 4. The third-order valence-electron chi connectivity index (χ3n) is 5.37. The van der Waals surface area contributed by atoms with Crippen molar-refractivity contribution >= 4 is 11.9 Å². The van der Waals surface area contributed by atoms with Gasteiger partial charge in [0, 0.05) is 44.8 Å². The Morgan fingerprint density at radius 1 is 0.735 bits per heavy atom. The van der Waals surface area contributed by atoms with Crippen molar-refractivity contribution in [3.8, 4) is 23.0 Å². The molecule has 0 saturated carbocycles. The highest BCUT2D eigenvalue weighted by Crippen LogP contribution is 2.38. The first-order valence-electron chi connectivity index (χ1n) is 10.6. The molecule has 1 fully saturated rings. The second-order valence-electron chi connectivity index (χ2n) is 7.51. The van der Waals surface area contributed by atoms with Crippen LogP contribution in [0.3, 0.4) is 0 Å². The number of ether oxygens (including phenoxy) is 4. The van der Waals surface area contributed by atoms with Crippen LogP contribution < -0.4 is 18.9 Å². The highest BCUT2D eigenvalue weighted by molar-refractivity contribution is 6.27. The van der Waals surface area contributed by atoms with Gasteiger partial charge in [0.05, 0.1) is 28.4 Å². The summed E-state index contributed by atoms with van der Waals surface area (Å²) in [5.41, 5.74) is 2.40. The minimum absolute atomic E-state index is 0.635. The van der Waals surface area contributed by atoms with E-state index >= 15 is 0 Å². The van der Waals surface area contributed by atoms with E-state index < -0.39 is 11.9 Å². The lowest BCUT2D eigenvalue weighted by atomic mass is 10.1. The smallest absolute Gasteiger partial charge is 0.414 e. The lowest BCUT2D eigenvalue weighted by Crippen LogP contribution is -2.45. The fourth-order valence-electron chi connectivity index (χ4n) is 3.66. The Kier molecular flexibility index (Phi) is 10.4. The molecule has 0 amide bonds. The van der Waals surface area contributed by atoms with Crippen LogP contribution in [0, 0.1) is 0 Å². The van der Waals surface area contributed by atoms with Crippen LogP contribution in [0.25, 0.3) is 0 Å². The van der Waals surface area contributed by atoms with Crippen LogP contribution in [0.2, 0.25) is 0 Å². The molecule has 0 aromatic heterocycles. The Labute approximate surface area is 199 Å². The minimum atomic E-state index is -1.82. The van der Waals surface area contributed by atoms with E-state index in [0.717, 1.165) is 50.6 Å². The first-order chi connectivity index (χ1) is 16.3. The monoisotopic (exact) mass is 476 g/mol. The van der Waals surface area contributed by atoms with E-state index in [1.165, 1.54) is 5.56 Å². The van der Waals surface area contributed by atoms with Crippen LogP contribution in [0.15, 0.2) is 36.4 Å². The Bertz CT molecular complexity index is 921. The van der Waals surface area contributed by atoms with Crippen molar-refractivity contribution in [2.45, 2.75) is 13.1 Å². The summed E-state index contributed by atoms with van der Waals surface area (Å²) in [5.74, 6) is -0.652. The summed E-state index contributed by atoms with van der Waals surface area (Å²) in [5, 5.41) is 14.8. The van der Waals surface area contributed by atoms with Crippen molar-refractivity contribution in [3.05, 3.63) is 47.5 Å². The average molecular weight is 477 g/mol. The molecule has 1 saturated heterocycles. The zero-order chi connectivity index (χ0) is 25.1. The molecular weight excluding hydrogens is 444 g/mol. The topological polar surface area (TPSA) is 118 Å². The van der Waals surface area contributed by atoms with Crippen molar-refractivity contribution in [2.24, 2.45) is 0 Å². The van der Waals surface area contributed by atoms with Gasteiger partial charge in [-0.05, 0) is 23.8 Å². The lowest BCUT2D eigenvalue weighted by Gasteiger charge is -2.35. The molecule has 1 aliphatic rings. The summed E-state index contributed by atoms with van der Waals surface area (Å²) in [6, 6.07) is 12.3. The van der Waals surface area contributed by atoms with Gasteiger partial charge < -0.3 is 29.2 Å². The highest BCUT2D eigenvalue weighted by atomic mass is 16.5. The zero-order valence-corrected chi connectivity index (χ0v) is 19.9. The van der Waals surface area contributed by atoms with E-state index in [-0.39, 0.29) is 0 Å². The average Bonchev–Trinajstić information content (AvgIpc) is 2.85. The number of piperazine rings is 1. The number of benzene rings is 2. The van der Waals surface area contributed by atoms with Crippen molar-refractivity contribution < 1.29 is 38.7 Å². The molecule has 2 aromatic rings. The van der Waals surface area contributed by atoms with Crippen LogP contribution in [0.5, 0.6) is 23.0 Å². The molecule has 34 heavy (non-hydrogen) atoms. The van der Waals surface area contributed by atoms with Gasteiger partial charge in [-0.2, -0.15) is 0 Å². The molecule has 2 N–H and O–H groups in total. The molecule has 0 spiro atoms. The minimum Gasteiger partial charge on any atom is -0.496 e. The van der Waals surface area contributed by atoms with Gasteiger partial charge in [-0.1, -0.05) is 18.2 Å². The number of rotatable bonds is 8. The van der Waals surface area contributed by atoms with Crippen molar-refractivity contribution in [1.82, 2.24) is 9.80 Å². The van der Waals surface area contributed by atoms with Gasteiger partial charge in [0.2, 0.25) is 5.75 Å². The third-order valence-corrected chi connectivity index (χ3v) is 5.37. The Balaban J connectivity index is 0.000000604. The molecule has 10 nitrogen and oxygen atoms in total. The quantitative estimate of drug-likeness (QED) is 0.549. The van der Waals surface area contributed by atoms with Crippen LogP contribution in [-0.4, -0.2) is 86.6 Å². The van der Waals surface area contributed by atoms with E-state index in [9.17, 15) is 0 Å². The molecule has 0 radical (unpaired) electrons. The van der Waals surface area contributed by atoms with E-state index in [1.54, 1.807) is 28.4 Å². The van der Waals surface area contributed by atoms with Crippen LogP contribution in [0.4, 0.5) is 0 Å². The van der Waals surface area contributed by atoms with Crippen LogP contribution in [-0.2, 0) is 22.7 Å². The number of para-hydroxylation sites is 1. The number of carbonyl (C=O) groups is 2. The molecule has 2 aromatic carbocycles. The summed E-state index contributed by atoms with van der Waals surface area (Å²) < 4.78 is 21.8. The summed E-state index contributed by atoms with van der Waals surface area (Å²) in [7, 11) is 6.66. The zero-order valence-electron chi connectivity index (χ0n) is 19.9. The number of carboxylic acids is 2. The standard InChI is InChI=1S/C22H30N2O4.C2H2O4/c1-25-19-8-6-5-7-18(19)16-24-11-9-23(10-12-24)15-17-13-20(26-2)22(28-4)21(14-17)27-3;3-1(4)2(5)6/h5-8,13-14H,9-12,15-16H2,1-4H3;(H,3,4)(H,5,6). The van der Waals surface area contributed by atoms with Gasteiger partial charge in [0.15, 0.2) is 11.5 Å². The molecule has 3 rings (SSSR count). The number of aliphatic carboxylic acids is 2. The summed E-state index contributed by atoms with van der Waals surface area (Å²) in [4.78, 5) is 23.1. The van der Waals surface area contributed by atoms with Crippen molar-refractivity contribution in [2.75, 3.05) is 54.6 Å². The largest absolute Gasteiger partial charge is 0.496 e. The number of carboxylic acid groups (broad SMARTS) is 2. The predicted octanol–water partition coefficient (Wildman–Crippen LogP) is 2.19. The van der Waals surface area contributed by atoms with Gasteiger partial charge in [-0.3, -0.25) is 9.80 Å². The second kappa shape index (κ2) is 13.3. The molecular formula is C24H32N2O8. The van der Waals surface area contributed by atoms with E-state index in [1.807, 2.05) is 24.3 Å². The molecule has 1 aliphatic heterocycles. The van der Waals surface area contributed by atoms with Gasteiger partial charge >= 0.3 is 11.9 Å². The molecule has 1 heterocycles. The maximum atomic E-state index is 9.10. The highest BCUT2D eigenvalue weighted by Gasteiger charge is 2.20. The molecule has 0 bridgehead atoms. The van der Waals surface area contributed by atoms with Gasteiger partial charge in [-0.15, -0.1) is 0 Å². The number of nitrogens with zero attached hydrogens (tertiary/aromatic N) is 2. The molecule has 10 heteroatoms. The first-order valence-corrected chi connectivity index (χ1v) is 10.6. The Hall–Kier alpha value is -3.50. The Morgan fingerprint density at radius 3 is 1.65 bits per heavy atom. The van der Waals surface area contributed by atoms with Gasteiger partial charge in [0.1, 0.15) is 5.75 Å². The third kappa shape index (κ3) is 7.53. The fraction of sp³-hybridized carbons (Fsp3) is 0.417. The van der Waals surface area contributed by atoms with Crippen LogP contribution in [0.1, 0.15) is 11.1 Å². The normalized spacial score (nSPS) is 13.9. The summed E-state index contributed by atoms with van der Waals surface area (Å²) in [6.07, 6.45) is 0. The van der Waals surface area contributed by atoms with Crippen LogP contribution >= 0.6 is 0 Å². The predicted molar refractivity (Wildman–Crippen MR) is 125 cm³/mol. The van der Waals surface area contributed by atoms with E-state index in [4.69, 9.17) is 38.7 Å². The summed E-state index contributed by atoms with van der Waals surface area (Å²) >= 11 is 0. The number of hydrogen-bond donors (Lipinski definition) is 2. The summed E-state index contributed by atoms with van der Waals surface area (Å²) in [6.45, 7) is 5.88. The van der Waals surface area contributed by atoms with Crippen molar-refractivity contribution in [3.63, 3.8) is 0 Å². The SMILES string of the molecule is COc1ccccc1CN1CCN(Cc2cc(OC)c(OC)c(OC)c2)CC1.O=C(O)C(=O)O. The lowest BCUT2D eigenvalue weighted by molar-refractivity contribution is -0.159. The van der Waals surface area contributed by atoms with Crippen molar-refractivity contribution in [1.29, 1.82) is 0 Å². The molecule has 0 unspecified atom stereocenters. The Morgan fingerprint density at radius 2 is 1.21 bits per heavy atom. The molecule has 0 aliphatic carbocycles. The number of hydrogen-bond acceptors (Lipinski definition) is 8. The second-order valence-corrected chi connectivity index (χ2v) is 7.51. The van der Waals surface area contributed by atoms with Gasteiger partial charge in [0.25, 0.3) is 0 Å². The molecule has 186 valence electrons. The fourth-order valence-corrected chi connectivity index (χ4v) is 3.66. The van der Waals surface area contributed by atoms with E-state index in [0.29, 0.717) is 17.2 Å². The van der Waals surface area contributed by atoms with E-state index in [2.05, 4.69) is 21.9 Å². The van der Waals surface area contributed by atoms with Gasteiger partial charge in [-0.25, -0.2) is 9.59 Å².